The maximum atomic E-state index is 12.8. The van der Waals surface area contributed by atoms with Crippen LogP contribution in [0.4, 0.5) is 0 Å². The summed E-state index contributed by atoms with van der Waals surface area (Å²) in [5, 5.41) is 10.3. The first-order chi connectivity index (χ1) is 12.0. The van der Waals surface area contributed by atoms with Gasteiger partial charge in [0.25, 0.3) is 5.91 Å². The Kier molecular flexibility index (Phi) is 4.70. The highest BCUT2D eigenvalue weighted by Crippen LogP contribution is 2.29. The van der Waals surface area contributed by atoms with Crippen molar-refractivity contribution in [3.63, 3.8) is 0 Å². The van der Waals surface area contributed by atoms with E-state index in [0.29, 0.717) is 11.6 Å². The van der Waals surface area contributed by atoms with Crippen molar-refractivity contribution in [2.75, 3.05) is 0 Å². The molecule has 1 aromatic heterocycles. The highest BCUT2D eigenvalue weighted by molar-refractivity contribution is 5.93. The Labute approximate surface area is 148 Å². The van der Waals surface area contributed by atoms with Crippen molar-refractivity contribution in [3.8, 4) is 0 Å². The molecule has 3 rings (SSSR count). The molecule has 0 unspecified atom stereocenters. The van der Waals surface area contributed by atoms with E-state index in [4.69, 9.17) is 0 Å². The first kappa shape index (κ1) is 17.0. The van der Waals surface area contributed by atoms with Crippen LogP contribution in [0, 0.1) is 0 Å². The molecule has 128 valence electrons. The molecule has 3 aromatic rings. The van der Waals surface area contributed by atoms with Gasteiger partial charge in [-0.2, -0.15) is 5.10 Å². The van der Waals surface area contributed by atoms with E-state index in [2.05, 4.69) is 29.4 Å². The van der Waals surface area contributed by atoms with Crippen molar-refractivity contribution in [2.45, 2.75) is 32.2 Å². The van der Waals surface area contributed by atoms with Crippen molar-refractivity contribution in [1.29, 1.82) is 0 Å². The summed E-state index contributed by atoms with van der Waals surface area (Å²) in [6, 6.07) is 21.8. The van der Waals surface area contributed by atoms with E-state index in [1.165, 1.54) is 0 Å². The quantitative estimate of drug-likeness (QED) is 0.734. The molecule has 0 radical (unpaired) electrons. The number of aromatic nitrogens is 2. The molecule has 0 bridgehead atoms. The van der Waals surface area contributed by atoms with Gasteiger partial charge in [0.1, 0.15) is 5.69 Å². The molecule has 25 heavy (non-hydrogen) atoms. The molecule has 0 fully saturated rings. The lowest BCUT2D eigenvalue weighted by atomic mass is 9.84. The number of hydrogen-bond acceptors (Lipinski definition) is 2. The fraction of sp³-hybridized carbons (Fsp3) is 0.238. The summed E-state index contributed by atoms with van der Waals surface area (Å²) in [4.78, 5) is 12.8. The molecule has 0 aliphatic carbocycles. The van der Waals surface area contributed by atoms with E-state index in [1.54, 1.807) is 0 Å². The molecule has 0 aliphatic heterocycles. The van der Waals surface area contributed by atoms with Crippen LogP contribution in [0.1, 0.15) is 54.0 Å². The molecule has 0 atom stereocenters. The average Bonchev–Trinajstić information content (AvgIpc) is 3.14. The zero-order valence-corrected chi connectivity index (χ0v) is 14.8. The van der Waals surface area contributed by atoms with E-state index in [0.717, 1.165) is 16.8 Å². The predicted octanol–water partition coefficient (Wildman–Crippen LogP) is 4.23. The first-order valence-electron chi connectivity index (χ1n) is 8.49. The third kappa shape index (κ3) is 3.48. The molecular formula is C21H23N3O. The number of aromatic amines is 1. The smallest absolute Gasteiger partial charge is 0.272 e. The van der Waals surface area contributed by atoms with Gasteiger partial charge >= 0.3 is 0 Å². The minimum Gasteiger partial charge on any atom is -0.337 e. The van der Waals surface area contributed by atoms with Crippen molar-refractivity contribution in [1.82, 2.24) is 15.5 Å². The molecule has 0 aliphatic rings. The second-order valence-electron chi connectivity index (χ2n) is 6.67. The molecule has 1 heterocycles. The van der Waals surface area contributed by atoms with Crippen LogP contribution in [0.2, 0.25) is 0 Å². The zero-order valence-electron chi connectivity index (χ0n) is 14.8. The van der Waals surface area contributed by atoms with Crippen LogP contribution >= 0.6 is 0 Å². The van der Waals surface area contributed by atoms with Crippen molar-refractivity contribution >= 4 is 5.91 Å². The van der Waals surface area contributed by atoms with Gasteiger partial charge in [-0.1, -0.05) is 74.5 Å². The molecule has 0 spiro atoms. The van der Waals surface area contributed by atoms with E-state index in [-0.39, 0.29) is 5.91 Å². The van der Waals surface area contributed by atoms with Gasteiger partial charge < -0.3 is 5.32 Å². The van der Waals surface area contributed by atoms with Crippen LogP contribution in [0.3, 0.4) is 0 Å². The Morgan fingerprint density at radius 3 is 1.96 bits per heavy atom. The molecular weight excluding hydrogens is 310 g/mol. The summed E-state index contributed by atoms with van der Waals surface area (Å²) < 4.78 is 0. The van der Waals surface area contributed by atoms with Crippen LogP contribution in [-0.2, 0) is 5.54 Å². The highest BCUT2D eigenvalue weighted by atomic mass is 16.2. The fourth-order valence-corrected chi connectivity index (χ4v) is 2.89. The van der Waals surface area contributed by atoms with Gasteiger partial charge in [0.2, 0.25) is 0 Å². The normalized spacial score (nSPS) is 11.5. The highest BCUT2D eigenvalue weighted by Gasteiger charge is 2.31. The van der Waals surface area contributed by atoms with Gasteiger partial charge in [-0.15, -0.1) is 0 Å². The lowest BCUT2D eigenvalue weighted by Crippen LogP contribution is -2.44. The van der Waals surface area contributed by atoms with E-state index in [1.807, 2.05) is 73.7 Å². The maximum absolute atomic E-state index is 12.8. The average molecular weight is 333 g/mol. The van der Waals surface area contributed by atoms with E-state index < -0.39 is 5.54 Å². The van der Waals surface area contributed by atoms with Crippen molar-refractivity contribution in [2.24, 2.45) is 0 Å². The molecule has 0 saturated carbocycles. The monoisotopic (exact) mass is 333 g/mol. The van der Waals surface area contributed by atoms with Gasteiger partial charge in [0.05, 0.1) is 5.54 Å². The molecule has 4 nitrogen and oxygen atoms in total. The third-order valence-corrected chi connectivity index (χ3v) is 4.52. The lowest BCUT2D eigenvalue weighted by Gasteiger charge is -2.32. The van der Waals surface area contributed by atoms with Crippen LogP contribution in [-0.4, -0.2) is 16.1 Å². The Morgan fingerprint density at radius 1 is 1.00 bits per heavy atom. The lowest BCUT2D eigenvalue weighted by molar-refractivity contribution is 0.0914. The summed E-state index contributed by atoms with van der Waals surface area (Å²) in [6.07, 6.45) is 0. The number of hydrogen-bond donors (Lipinski definition) is 2. The van der Waals surface area contributed by atoms with E-state index in [9.17, 15) is 4.79 Å². The Hall–Kier alpha value is -2.88. The summed E-state index contributed by atoms with van der Waals surface area (Å²) in [6.45, 7) is 6.14. The molecule has 1 amide bonds. The second-order valence-corrected chi connectivity index (χ2v) is 6.67. The summed E-state index contributed by atoms with van der Waals surface area (Å²) >= 11 is 0. The first-order valence-corrected chi connectivity index (χ1v) is 8.49. The van der Waals surface area contributed by atoms with Crippen LogP contribution in [0.25, 0.3) is 0 Å². The second kappa shape index (κ2) is 6.93. The van der Waals surface area contributed by atoms with E-state index >= 15 is 0 Å². The van der Waals surface area contributed by atoms with Gasteiger partial charge in [-0.25, -0.2) is 0 Å². The summed E-state index contributed by atoms with van der Waals surface area (Å²) in [5.41, 5.74) is 2.76. The van der Waals surface area contributed by atoms with Crippen molar-refractivity contribution in [3.05, 3.63) is 89.2 Å². The predicted molar refractivity (Wildman–Crippen MR) is 99.5 cm³/mol. The number of amides is 1. The Bertz CT molecular complexity index is 798. The van der Waals surface area contributed by atoms with Gasteiger partial charge in [0.15, 0.2) is 0 Å². The summed E-state index contributed by atoms with van der Waals surface area (Å²) in [7, 11) is 0. The standard InChI is InChI=1S/C21H23N3O/c1-15(2)18-14-19(24-23-18)20(25)22-21(3,16-10-6-4-7-11-16)17-12-8-5-9-13-17/h4-15H,1-3H3,(H,22,25)(H,23,24). The SMILES string of the molecule is CC(C)c1cc(C(=O)NC(C)(c2ccccc2)c2ccccc2)n[nH]1. The number of carbonyl (C=O) groups excluding carboxylic acids is 1. The number of nitrogens with one attached hydrogen (secondary N) is 2. The number of rotatable bonds is 5. The maximum Gasteiger partial charge on any atom is 0.272 e. The van der Waals surface area contributed by atoms with Gasteiger partial charge in [-0.3, -0.25) is 9.89 Å². The van der Waals surface area contributed by atoms with Gasteiger partial charge in [0, 0.05) is 5.69 Å². The number of nitrogens with zero attached hydrogens (tertiary/aromatic N) is 1. The van der Waals surface area contributed by atoms with Crippen LogP contribution < -0.4 is 5.32 Å². The minimum atomic E-state index is -0.642. The molecule has 4 heteroatoms. The summed E-state index contributed by atoms with van der Waals surface area (Å²) in [5.74, 6) is 0.0991. The van der Waals surface area contributed by atoms with Crippen LogP contribution in [0.5, 0.6) is 0 Å². The largest absolute Gasteiger partial charge is 0.337 e. The Morgan fingerprint density at radius 2 is 1.52 bits per heavy atom. The van der Waals surface area contributed by atoms with Crippen LogP contribution in [0.15, 0.2) is 66.7 Å². The third-order valence-electron chi connectivity index (χ3n) is 4.52. The molecule has 0 saturated heterocycles. The number of H-pyrrole nitrogens is 1. The topological polar surface area (TPSA) is 57.8 Å². The number of benzene rings is 2. The minimum absolute atomic E-state index is 0.196. The van der Waals surface area contributed by atoms with Gasteiger partial charge in [-0.05, 0) is 30.0 Å². The Balaban J connectivity index is 1.97. The van der Waals surface area contributed by atoms with Crippen molar-refractivity contribution < 1.29 is 4.79 Å². The molecule has 2 aromatic carbocycles. The molecule has 2 N–H and O–H groups in total. The zero-order chi connectivity index (χ0) is 17.9. The fourth-order valence-electron chi connectivity index (χ4n) is 2.89. The number of carbonyl (C=O) groups is 1.